The molecule has 1 heterocycles. The van der Waals surface area contributed by atoms with E-state index in [-0.39, 0.29) is 17.7 Å². The lowest BCUT2D eigenvalue weighted by Gasteiger charge is -2.20. The highest BCUT2D eigenvalue weighted by molar-refractivity contribution is 9.10. The molecule has 5 heteroatoms. The van der Waals surface area contributed by atoms with E-state index in [0.717, 1.165) is 10.9 Å². The van der Waals surface area contributed by atoms with Crippen molar-refractivity contribution in [1.82, 2.24) is 4.90 Å². The van der Waals surface area contributed by atoms with Crippen LogP contribution >= 0.6 is 15.9 Å². The third-order valence-corrected chi connectivity index (χ3v) is 5.18. The van der Waals surface area contributed by atoms with E-state index in [1.165, 1.54) is 5.56 Å². The average molecular weight is 352 g/mol. The van der Waals surface area contributed by atoms with Gasteiger partial charge in [-0.3, -0.25) is 9.59 Å². The number of amides is 1. The summed E-state index contributed by atoms with van der Waals surface area (Å²) in [5, 5.41) is 9.24. The highest BCUT2D eigenvalue weighted by Crippen LogP contribution is 2.49. The number of halogens is 1. The fourth-order valence-electron chi connectivity index (χ4n) is 3.13. The maximum absolute atomic E-state index is 12.5. The second-order valence-corrected chi connectivity index (χ2v) is 7.29. The molecule has 4 nitrogen and oxygen atoms in total. The summed E-state index contributed by atoms with van der Waals surface area (Å²) in [5.74, 6) is -0.385. The van der Waals surface area contributed by atoms with E-state index in [9.17, 15) is 14.7 Å². The minimum Gasteiger partial charge on any atom is -0.481 e. The van der Waals surface area contributed by atoms with Gasteiger partial charge in [0.2, 0.25) is 5.91 Å². The molecule has 0 spiro atoms. The zero-order valence-corrected chi connectivity index (χ0v) is 13.5. The van der Waals surface area contributed by atoms with Crippen LogP contribution in [0.3, 0.4) is 0 Å². The molecule has 1 saturated carbocycles. The van der Waals surface area contributed by atoms with Crippen molar-refractivity contribution in [2.75, 3.05) is 13.1 Å². The Morgan fingerprint density at radius 3 is 2.81 bits per heavy atom. The maximum Gasteiger partial charge on any atom is 0.311 e. The van der Waals surface area contributed by atoms with Crippen molar-refractivity contribution >= 4 is 27.8 Å². The second-order valence-electron chi connectivity index (χ2n) is 6.38. The van der Waals surface area contributed by atoms with Gasteiger partial charge in [-0.25, -0.2) is 0 Å². The van der Waals surface area contributed by atoms with Crippen LogP contribution in [0.2, 0.25) is 0 Å². The van der Waals surface area contributed by atoms with Crippen LogP contribution in [-0.4, -0.2) is 35.0 Å². The topological polar surface area (TPSA) is 57.6 Å². The molecule has 1 amide bonds. The first-order valence-electron chi connectivity index (χ1n) is 7.18. The van der Waals surface area contributed by atoms with Gasteiger partial charge in [-0.15, -0.1) is 0 Å². The van der Waals surface area contributed by atoms with Gasteiger partial charge < -0.3 is 10.0 Å². The number of carboxylic acids is 1. The lowest BCUT2D eigenvalue weighted by atomic mass is 9.90. The minimum atomic E-state index is -0.808. The van der Waals surface area contributed by atoms with Crippen molar-refractivity contribution < 1.29 is 14.7 Å². The van der Waals surface area contributed by atoms with Crippen molar-refractivity contribution in [3.63, 3.8) is 0 Å². The number of rotatable bonds is 3. The van der Waals surface area contributed by atoms with Crippen LogP contribution in [0.25, 0.3) is 0 Å². The molecule has 3 atom stereocenters. The fourth-order valence-corrected chi connectivity index (χ4v) is 3.55. The summed E-state index contributed by atoms with van der Waals surface area (Å²) in [6.07, 6.45) is 1.41. The molecule has 1 saturated heterocycles. The van der Waals surface area contributed by atoms with Crippen molar-refractivity contribution in [2.24, 2.45) is 11.3 Å². The Labute approximate surface area is 132 Å². The molecule has 1 aliphatic heterocycles. The van der Waals surface area contributed by atoms with E-state index in [1.807, 2.05) is 18.2 Å². The lowest BCUT2D eigenvalue weighted by Crippen LogP contribution is -2.35. The van der Waals surface area contributed by atoms with Crippen LogP contribution in [0.4, 0.5) is 0 Å². The molecular weight excluding hydrogens is 334 g/mol. The Hall–Kier alpha value is -1.36. The van der Waals surface area contributed by atoms with Crippen LogP contribution in [0.1, 0.15) is 31.2 Å². The van der Waals surface area contributed by atoms with E-state index in [4.69, 9.17) is 0 Å². The first-order chi connectivity index (χ1) is 9.90. The summed E-state index contributed by atoms with van der Waals surface area (Å²) in [6.45, 7) is 2.62. The van der Waals surface area contributed by atoms with Crippen molar-refractivity contribution in [3.8, 4) is 0 Å². The molecule has 1 aromatic rings. The zero-order chi connectivity index (χ0) is 15.2. The standard InChI is InChI=1S/C16H18BrNO3/c1-16(15(20)21)5-6-18(9-16)14(19)13-8-12(13)10-3-2-4-11(17)7-10/h2-4,7,12-13H,5-6,8-9H2,1H3,(H,20,21)/t12-,13-,16-/m0/s1. The Morgan fingerprint density at radius 2 is 2.19 bits per heavy atom. The van der Waals surface area contributed by atoms with Crippen molar-refractivity contribution in [3.05, 3.63) is 34.3 Å². The number of hydrogen-bond acceptors (Lipinski definition) is 2. The van der Waals surface area contributed by atoms with Gasteiger partial charge in [-0.2, -0.15) is 0 Å². The van der Waals surface area contributed by atoms with E-state index < -0.39 is 11.4 Å². The number of carbonyl (C=O) groups excluding carboxylic acids is 1. The summed E-state index contributed by atoms with van der Waals surface area (Å²) in [7, 11) is 0. The number of nitrogens with zero attached hydrogens (tertiary/aromatic N) is 1. The van der Waals surface area contributed by atoms with E-state index in [2.05, 4.69) is 22.0 Å². The van der Waals surface area contributed by atoms with E-state index >= 15 is 0 Å². The number of likely N-dealkylation sites (tertiary alicyclic amines) is 1. The predicted octanol–water partition coefficient (Wildman–Crippen LogP) is 2.88. The Balaban J connectivity index is 1.65. The highest BCUT2D eigenvalue weighted by Gasteiger charge is 2.49. The monoisotopic (exact) mass is 351 g/mol. The molecule has 21 heavy (non-hydrogen) atoms. The first kappa shape index (κ1) is 14.6. The smallest absolute Gasteiger partial charge is 0.311 e. The van der Waals surface area contributed by atoms with Gasteiger partial charge in [0.25, 0.3) is 0 Å². The third-order valence-electron chi connectivity index (χ3n) is 4.69. The summed E-state index contributed by atoms with van der Waals surface area (Å²) in [4.78, 5) is 25.5. The molecule has 0 unspecified atom stereocenters. The van der Waals surface area contributed by atoms with Crippen LogP contribution in [0.5, 0.6) is 0 Å². The van der Waals surface area contributed by atoms with Gasteiger partial charge >= 0.3 is 5.97 Å². The lowest BCUT2D eigenvalue weighted by molar-refractivity contribution is -0.147. The Morgan fingerprint density at radius 1 is 1.43 bits per heavy atom. The van der Waals surface area contributed by atoms with Gasteiger partial charge in [0.05, 0.1) is 5.41 Å². The van der Waals surface area contributed by atoms with Gasteiger partial charge in [0.15, 0.2) is 0 Å². The van der Waals surface area contributed by atoms with Crippen molar-refractivity contribution in [2.45, 2.75) is 25.7 Å². The molecule has 1 aromatic carbocycles. The molecule has 1 N–H and O–H groups in total. The summed E-state index contributed by atoms with van der Waals surface area (Å²) < 4.78 is 1.03. The molecule has 1 aliphatic carbocycles. The normalized spacial score (nSPS) is 31.2. The molecule has 2 aliphatic rings. The second kappa shape index (κ2) is 5.13. The fraction of sp³-hybridized carbons (Fsp3) is 0.500. The molecule has 112 valence electrons. The quantitative estimate of drug-likeness (QED) is 0.910. The summed E-state index contributed by atoms with van der Waals surface area (Å²) in [5.41, 5.74) is 0.401. The van der Waals surface area contributed by atoms with E-state index in [1.54, 1.807) is 11.8 Å². The summed E-state index contributed by atoms with van der Waals surface area (Å²) >= 11 is 3.45. The SMILES string of the molecule is C[C@]1(C(=O)O)CCN(C(=O)[C@H]2C[C@H]2c2cccc(Br)c2)C1. The highest BCUT2D eigenvalue weighted by atomic mass is 79.9. The average Bonchev–Trinajstić information content (AvgIpc) is 3.14. The molecule has 3 rings (SSSR count). The van der Waals surface area contributed by atoms with Crippen LogP contribution in [0.15, 0.2) is 28.7 Å². The van der Waals surface area contributed by atoms with Crippen LogP contribution in [-0.2, 0) is 9.59 Å². The largest absolute Gasteiger partial charge is 0.481 e. The maximum atomic E-state index is 12.5. The van der Waals surface area contributed by atoms with Gasteiger partial charge in [-0.05, 0) is 43.4 Å². The Bertz CT molecular complexity index is 603. The van der Waals surface area contributed by atoms with Gasteiger partial charge in [-0.1, -0.05) is 28.1 Å². The molecule has 2 fully saturated rings. The molecule has 0 radical (unpaired) electrons. The number of benzene rings is 1. The van der Waals surface area contributed by atoms with Gasteiger partial charge in [0.1, 0.15) is 0 Å². The number of aliphatic carboxylic acids is 1. The molecular formula is C16H18BrNO3. The van der Waals surface area contributed by atoms with Crippen LogP contribution in [0, 0.1) is 11.3 Å². The molecule has 0 bridgehead atoms. The Kier molecular flexibility index (Phi) is 3.56. The number of carbonyl (C=O) groups is 2. The van der Waals surface area contributed by atoms with Crippen molar-refractivity contribution in [1.29, 1.82) is 0 Å². The number of hydrogen-bond donors (Lipinski definition) is 1. The summed E-state index contributed by atoms with van der Waals surface area (Å²) in [6, 6.07) is 8.06. The first-order valence-corrected chi connectivity index (χ1v) is 7.98. The minimum absolute atomic E-state index is 0.0236. The zero-order valence-electron chi connectivity index (χ0n) is 11.9. The third kappa shape index (κ3) is 2.71. The number of carboxylic acid groups (broad SMARTS) is 1. The van der Waals surface area contributed by atoms with E-state index in [0.29, 0.717) is 19.5 Å². The predicted molar refractivity (Wildman–Crippen MR) is 81.9 cm³/mol. The molecule has 0 aromatic heterocycles. The van der Waals surface area contributed by atoms with Gasteiger partial charge in [0, 0.05) is 23.5 Å². The van der Waals surface area contributed by atoms with Crippen LogP contribution < -0.4 is 0 Å².